The van der Waals surface area contributed by atoms with Gasteiger partial charge in [-0.2, -0.15) is 9.97 Å². The van der Waals surface area contributed by atoms with Crippen LogP contribution in [0.3, 0.4) is 0 Å². The molecule has 2 aliphatic rings. The normalized spacial score (nSPS) is 18.3. The number of carbonyl (C=O) groups is 1. The monoisotopic (exact) mass is 531 g/mol. The summed E-state index contributed by atoms with van der Waals surface area (Å²) in [7, 11) is 4.06. The smallest absolute Gasteiger partial charge is 0.323 e. The van der Waals surface area contributed by atoms with Crippen LogP contribution in [0.2, 0.25) is 0 Å². The largest absolute Gasteiger partial charge is 0.381 e. The maximum atomic E-state index is 12.6. The number of rotatable bonds is 7. The van der Waals surface area contributed by atoms with Crippen molar-refractivity contribution in [2.45, 2.75) is 38.3 Å². The second-order valence-electron chi connectivity index (χ2n) is 10.4. The quantitative estimate of drug-likeness (QED) is 0.463. The van der Waals surface area contributed by atoms with Crippen LogP contribution in [0.25, 0.3) is 11.4 Å². The lowest BCUT2D eigenvalue weighted by Gasteiger charge is -2.34. The zero-order valence-corrected chi connectivity index (χ0v) is 22.9. The lowest BCUT2D eigenvalue weighted by molar-refractivity contribution is 0.0834. The van der Waals surface area contributed by atoms with E-state index in [1.54, 1.807) is 0 Å². The Labute approximate surface area is 229 Å². The number of nitrogens with one attached hydrogen (secondary N) is 2. The summed E-state index contributed by atoms with van der Waals surface area (Å²) in [6.45, 7) is 6.46. The molecule has 2 aliphatic heterocycles. The molecule has 1 atom stereocenters. The molecule has 0 spiro atoms. The standard InChI is InChI=1S/C29H37N7O3/c1-20-19-39-17-14-36(20)28-33-26(32-27(34-28)23-12-15-38-16-13-23)22-6-10-25(11-7-22)31-29(37)30-24-8-4-21(5-9-24)18-35(2)3/h4-11,20,23H,12-19H2,1-3H3,(H2,30,31,37). The molecule has 2 fully saturated rings. The number of carbonyl (C=O) groups excluding carboxylic acids is 1. The Morgan fingerprint density at radius 2 is 1.59 bits per heavy atom. The van der Waals surface area contributed by atoms with Crippen LogP contribution in [0.15, 0.2) is 48.5 Å². The number of morpholine rings is 1. The van der Waals surface area contributed by atoms with Crippen LogP contribution in [0.4, 0.5) is 22.1 Å². The van der Waals surface area contributed by atoms with Gasteiger partial charge in [0, 0.05) is 49.2 Å². The van der Waals surface area contributed by atoms with Crippen LogP contribution in [0.1, 0.15) is 37.1 Å². The second-order valence-corrected chi connectivity index (χ2v) is 10.4. The first-order valence-electron chi connectivity index (χ1n) is 13.5. The number of ether oxygens (including phenoxy) is 2. The summed E-state index contributed by atoms with van der Waals surface area (Å²) in [5.74, 6) is 2.39. The molecule has 2 N–H and O–H groups in total. The van der Waals surface area contributed by atoms with Crippen LogP contribution in [0.5, 0.6) is 0 Å². The molecule has 39 heavy (non-hydrogen) atoms. The zero-order valence-electron chi connectivity index (χ0n) is 22.9. The van der Waals surface area contributed by atoms with E-state index in [0.717, 1.165) is 56.2 Å². The minimum absolute atomic E-state index is 0.186. The van der Waals surface area contributed by atoms with E-state index in [0.29, 0.717) is 30.7 Å². The van der Waals surface area contributed by atoms with Crippen molar-refractivity contribution in [1.82, 2.24) is 19.9 Å². The molecule has 10 heteroatoms. The molecule has 3 heterocycles. The van der Waals surface area contributed by atoms with E-state index in [4.69, 9.17) is 24.4 Å². The Morgan fingerprint density at radius 1 is 0.923 bits per heavy atom. The van der Waals surface area contributed by atoms with Crippen LogP contribution in [-0.2, 0) is 16.0 Å². The maximum absolute atomic E-state index is 12.6. The Kier molecular flexibility index (Phi) is 8.65. The second kappa shape index (κ2) is 12.5. The van der Waals surface area contributed by atoms with Gasteiger partial charge in [0.15, 0.2) is 5.82 Å². The zero-order chi connectivity index (χ0) is 27.2. The van der Waals surface area contributed by atoms with Crippen molar-refractivity contribution >= 4 is 23.4 Å². The Bertz CT molecular complexity index is 1240. The highest BCUT2D eigenvalue weighted by molar-refractivity contribution is 5.99. The lowest BCUT2D eigenvalue weighted by Crippen LogP contribution is -2.44. The van der Waals surface area contributed by atoms with Gasteiger partial charge in [-0.25, -0.2) is 9.78 Å². The third kappa shape index (κ3) is 7.08. The average Bonchev–Trinajstić information content (AvgIpc) is 2.95. The van der Waals surface area contributed by atoms with Crippen molar-refractivity contribution in [2.75, 3.05) is 62.6 Å². The molecule has 0 saturated carbocycles. The minimum Gasteiger partial charge on any atom is -0.381 e. The van der Waals surface area contributed by atoms with Gasteiger partial charge in [-0.1, -0.05) is 12.1 Å². The van der Waals surface area contributed by atoms with E-state index < -0.39 is 0 Å². The van der Waals surface area contributed by atoms with Crippen molar-refractivity contribution < 1.29 is 14.3 Å². The first-order chi connectivity index (χ1) is 18.9. The van der Waals surface area contributed by atoms with Gasteiger partial charge in [-0.05, 0) is 75.8 Å². The third-order valence-electron chi connectivity index (χ3n) is 6.96. The van der Waals surface area contributed by atoms with E-state index in [-0.39, 0.29) is 18.0 Å². The fraction of sp³-hybridized carbons (Fsp3) is 0.448. The highest BCUT2D eigenvalue weighted by Gasteiger charge is 2.26. The molecular formula is C29H37N7O3. The number of hydrogen-bond donors (Lipinski definition) is 2. The summed E-state index contributed by atoms with van der Waals surface area (Å²) in [6, 6.07) is 15.3. The van der Waals surface area contributed by atoms with Crippen molar-refractivity contribution in [1.29, 1.82) is 0 Å². The molecule has 1 aromatic heterocycles. The molecule has 2 aromatic carbocycles. The molecule has 5 rings (SSSR count). The molecule has 206 valence electrons. The molecule has 3 aromatic rings. The molecule has 2 saturated heterocycles. The summed E-state index contributed by atoms with van der Waals surface area (Å²) < 4.78 is 11.2. The van der Waals surface area contributed by atoms with Gasteiger partial charge in [-0.3, -0.25) is 0 Å². The van der Waals surface area contributed by atoms with Crippen LogP contribution in [-0.4, -0.2) is 79.0 Å². The predicted molar refractivity (Wildman–Crippen MR) is 152 cm³/mol. The average molecular weight is 532 g/mol. The molecule has 0 bridgehead atoms. The number of nitrogens with zero attached hydrogens (tertiary/aromatic N) is 5. The molecule has 0 aliphatic carbocycles. The van der Waals surface area contributed by atoms with E-state index >= 15 is 0 Å². The molecular weight excluding hydrogens is 494 g/mol. The Balaban J connectivity index is 1.30. The summed E-state index contributed by atoms with van der Waals surface area (Å²) in [5, 5.41) is 5.79. The number of aromatic nitrogens is 3. The Morgan fingerprint density at radius 3 is 2.23 bits per heavy atom. The number of amides is 2. The van der Waals surface area contributed by atoms with Gasteiger partial charge in [-0.15, -0.1) is 0 Å². The van der Waals surface area contributed by atoms with E-state index in [9.17, 15) is 4.79 Å². The van der Waals surface area contributed by atoms with Crippen molar-refractivity contribution in [3.8, 4) is 11.4 Å². The van der Waals surface area contributed by atoms with Gasteiger partial charge in [0.1, 0.15) is 5.82 Å². The summed E-state index contributed by atoms with van der Waals surface area (Å²) >= 11 is 0. The number of urea groups is 1. The molecule has 0 radical (unpaired) electrons. The molecule has 10 nitrogen and oxygen atoms in total. The highest BCUT2D eigenvalue weighted by Crippen LogP contribution is 2.29. The number of hydrogen-bond acceptors (Lipinski definition) is 8. The summed E-state index contributed by atoms with van der Waals surface area (Å²) in [4.78, 5) is 31.5. The SMILES string of the molecule is CC1COCCN1c1nc(-c2ccc(NC(=O)Nc3ccc(CN(C)C)cc3)cc2)nc(C2CCOCC2)n1. The first-order valence-corrected chi connectivity index (χ1v) is 13.5. The highest BCUT2D eigenvalue weighted by atomic mass is 16.5. The van der Waals surface area contributed by atoms with Crippen LogP contribution >= 0.6 is 0 Å². The topological polar surface area (TPSA) is 105 Å². The fourth-order valence-corrected chi connectivity index (χ4v) is 4.86. The fourth-order valence-electron chi connectivity index (χ4n) is 4.86. The van der Waals surface area contributed by atoms with Gasteiger partial charge in [0.05, 0.1) is 19.3 Å². The van der Waals surface area contributed by atoms with Gasteiger partial charge in [0.2, 0.25) is 5.95 Å². The first kappa shape index (κ1) is 27.0. The Hall–Kier alpha value is -3.60. The van der Waals surface area contributed by atoms with Crippen LogP contribution in [0, 0.1) is 0 Å². The summed E-state index contributed by atoms with van der Waals surface area (Å²) in [6.07, 6.45) is 1.80. The molecule has 1 unspecified atom stereocenters. The van der Waals surface area contributed by atoms with Gasteiger partial charge >= 0.3 is 6.03 Å². The number of anilines is 3. The summed E-state index contributed by atoms with van der Waals surface area (Å²) in [5.41, 5.74) is 3.48. The minimum atomic E-state index is -0.298. The number of benzene rings is 2. The van der Waals surface area contributed by atoms with E-state index in [1.807, 2.05) is 62.6 Å². The van der Waals surface area contributed by atoms with Crippen molar-refractivity contribution in [3.63, 3.8) is 0 Å². The predicted octanol–water partition coefficient (Wildman–Crippen LogP) is 4.36. The molecule has 2 amide bonds. The third-order valence-corrected chi connectivity index (χ3v) is 6.96. The van der Waals surface area contributed by atoms with Gasteiger partial charge < -0.3 is 29.9 Å². The lowest BCUT2D eigenvalue weighted by atomic mass is 9.99. The van der Waals surface area contributed by atoms with Gasteiger partial charge in [0.25, 0.3) is 0 Å². The van der Waals surface area contributed by atoms with Crippen molar-refractivity contribution in [2.24, 2.45) is 0 Å². The van der Waals surface area contributed by atoms with Crippen LogP contribution < -0.4 is 15.5 Å². The maximum Gasteiger partial charge on any atom is 0.323 e. The van der Waals surface area contributed by atoms with E-state index in [2.05, 4.69) is 27.4 Å². The van der Waals surface area contributed by atoms with E-state index in [1.165, 1.54) is 5.56 Å². The van der Waals surface area contributed by atoms with Crippen molar-refractivity contribution in [3.05, 3.63) is 59.9 Å².